The van der Waals surface area contributed by atoms with Crippen LogP contribution in [0.5, 0.6) is 5.75 Å². The van der Waals surface area contributed by atoms with Crippen molar-refractivity contribution in [2.45, 2.75) is 31.8 Å². The standard InChI is InChI=1S/C26H30N2O4S/c1-20-10-11-21(2)25(16-20)33(30,31)28(18-22-8-6-5-7-9-22)19-26(29)27(3)17-23-12-14-24(32-4)15-13-23/h5-16H,17-19H2,1-4H3. The number of amides is 1. The molecule has 0 saturated heterocycles. The van der Waals surface area contributed by atoms with Gasteiger partial charge in [0.05, 0.1) is 18.6 Å². The van der Waals surface area contributed by atoms with Crippen molar-refractivity contribution in [3.05, 3.63) is 95.1 Å². The Bertz CT molecular complexity index is 1190. The summed E-state index contributed by atoms with van der Waals surface area (Å²) in [5.74, 6) is 0.456. The van der Waals surface area contributed by atoms with Crippen molar-refractivity contribution in [3.63, 3.8) is 0 Å². The molecule has 0 aliphatic carbocycles. The Kier molecular flexibility index (Phi) is 7.89. The molecule has 0 radical (unpaired) electrons. The number of rotatable bonds is 9. The van der Waals surface area contributed by atoms with Gasteiger partial charge in [-0.3, -0.25) is 4.79 Å². The Balaban J connectivity index is 1.85. The zero-order valence-corrected chi connectivity index (χ0v) is 20.3. The number of benzene rings is 3. The maximum absolute atomic E-state index is 13.6. The average molecular weight is 467 g/mol. The first-order valence-electron chi connectivity index (χ1n) is 10.7. The maximum Gasteiger partial charge on any atom is 0.244 e. The SMILES string of the molecule is COc1ccc(CN(C)C(=O)CN(Cc2ccccc2)S(=O)(=O)c2cc(C)ccc2C)cc1. The summed E-state index contributed by atoms with van der Waals surface area (Å²) in [5, 5.41) is 0. The van der Waals surface area contributed by atoms with Crippen molar-refractivity contribution < 1.29 is 17.9 Å². The predicted molar refractivity (Wildman–Crippen MR) is 129 cm³/mol. The molecular weight excluding hydrogens is 436 g/mol. The van der Waals surface area contributed by atoms with E-state index in [9.17, 15) is 13.2 Å². The number of sulfonamides is 1. The molecule has 3 aromatic rings. The van der Waals surface area contributed by atoms with Crippen molar-refractivity contribution in [1.29, 1.82) is 0 Å². The normalized spacial score (nSPS) is 11.4. The third kappa shape index (κ3) is 6.21. The van der Waals surface area contributed by atoms with Crippen LogP contribution in [0.15, 0.2) is 77.7 Å². The van der Waals surface area contributed by atoms with Gasteiger partial charge in [-0.25, -0.2) is 8.42 Å². The molecule has 0 heterocycles. The summed E-state index contributed by atoms with van der Waals surface area (Å²) < 4.78 is 33.7. The van der Waals surface area contributed by atoms with Gasteiger partial charge in [0.1, 0.15) is 5.75 Å². The number of hydrogen-bond acceptors (Lipinski definition) is 4. The number of ether oxygens (including phenoxy) is 1. The lowest BCUT2D eigenvalue weighted by molar-refractivity contribution is -0.130. The van der Waals surface area contributed by atoms with E-state index >= 15 is 0 Å². The van der Waals surface area contributed by atoms with Crippen LogP contribution in [0.4, 0.5) is 0 Å². The van der Waals surface area contributed by atoms with Gasteiger partial charge in [0.2, 0.25) is 15.9 Å². The highest BCUT2D eigenvalue weighted by Gasteiger charge is 2.29. The van der Waals surface area contributed by atoms with Gasteiger partial charge in [-0.15, -0.1) is 0 Å². The Hall–Kier alpha value is -3.16. The number of likely N-dealkylation sites (N-methyl/N-ethyl adjacent to an activating group) is 1. The van der Waals surface area contributed by atoms with Crippen LogP contribution in [0, 0.1) is 13.8 Å². The van der Waals surface area contributed by atoms with Gasteiger partial charge in [-0.2, -0.15) is 4.31 Å². The van der Waals surface area contributed by atoms with Crippen LogP contribution in [0.25, 0.3) is 0 Å². The molecular formula is C26H30N2O4S. The lowest BCUT2D eigenvalue weighted by Gasteiger charge is -2.26. The molecule has 0 atom stereocenters. The summed E-state index contributed by atoms with van der Waals surface area (Å²) in [6.07, 6.45) is 0. The van der Waals surface area contributed by atoms with Crippen LogP contribution < -0.4 is 4.74 Å². The highest BCUT2D eigenvalue weighted by molar-refractivity contribution is 7.89. The number of hydrogen-bond donors (Lipinski definition) is 0. The van der Waals surface area contributed by atoms with Crippen LogP contribution >= 0.6 is 0 Å². The smallest absolute Gasteiger partial charge is 0.244 e. The average Bonchev–Trinajstić information content (AvgIpc) is 2.81. The molecule has 0 aromatic heterocycles. The van der Waals surface area contributed by atoms with E-state index in [4.69, 9.17) is 4.74 Å². The first kappa shape index (κ1) is 24.5. The van der Waals surface area contributed by atoms with Crippen molar-refractivity contribution >= 4 is 15.9 Å². The van der Waals surface area contributed by atoms with Crippen molar-refractivity contribution in [1.82, 2.24) is 9.21 Å². The van der Waals surface area contributed by atoms with Crippen LogP contribution in [0.2, 0.25) is 0 Å². The zero-order chi connectivity index (χ0) is 24.0. The minimum atomic E-state index is -3.89. The Labute approximate surface area is 196 Å². The fourth-order valence-electron chi connectivity index (χ4n) is 3.50. The van der Waals surface area contributed by atoms with Crippen molar-refractivity contribution in [3.8, 4) is 5.75 Å². The number of nitrogens with zero attached hydrogens (tertiary/aromatic N) is 2. The number of methoxy groups -OCH3 is 1. The molecule has 3 rings (SSSR count). The molecule has 0 N–H and O–H groups in total. The summed E-state index contributed by atoms with van der Waals surface area (Å²) in [5.41, 5.74) is 3.25. The Morgan fingerprint density at radius 2 is 1.52 bits per heavy atom. The minimum Gasteiger partial charge on any atom is -0.497 e. The van der Waals surface area contributed by atoms with Gasteiger partial charge in [0.25, 0.3) is 0 Å². The second-order valence-corrected chi connectivity index (χ2v) is 10.0. The lowest BCUT2D eigenvalue weighted by atomic mass is 10.2. The molecule has 7 heteroatoms. The van der Waals surface area contributed by atoms with Gasteiger partial charge in [0.15, 0.2) is 0 Å². The summed E-state index contributed by atoms with van der Waals surface area (Å²) in [6, 6.07) is 22.1. The molecule has 0 unspecified atom stereocenters. The second kappa shape index (κ2) is 10.6. The molecule has 174 valence electrons. The number of carbonyl (C=O) groups is 1. The summed E-state index contributed by atoms with van der Waals surface area (Å²) in [4.78, 5) is 14.9. The first-order valence-corrected chi connectivity index (χ1v) is 12.1. The van der Waals surface area contributed by atoms with Crippen LogP contribution in [-0.2, 0) is 27.9 Å². The van der Waals surface area contributed by atoms with Gasteiger partial charge < -0.3 is 9.64 Å². The molecule has 0 spiro atoms. The molecule has 0 aliphatic heterocycles. The molecule has 6 nitrogen and oxygen atoms in total. The highest BCUT2D eigenvalue weighted by Crippen LogP contribution is 2.23. The van der Waals surface area contributed by atoms with E-state index in [1.54, 1.807) is 38.1 Å². The monoisotopic (exact) mass is 466 g/mol. The van der Waals surface area contributed by atoms with E-state index in [1.165, 1.54) is 4.31 Å². The molecule has 0 aliphatic rings. The molecule has 1 amide bonds. The van der Waals surface area contributed by atoms with E-state index < -0.39 is 10.0 Å². The zero-order valence-electron chi connectivity index (χ0n) is 19.5. The van der Waals surface area contributed by atoms with E-state index in [-0.39, 0.29) is 23.9 Å². The molecule has 0 saturated carbocycles. The Morgan fingerprint density at radius 3 is 2.15 bits per heavy atom. The third-order valence-corrected chi connectivity index (χ3v) is 7.41. The summed E-state index contributed by atoms with van der Waals surface area (Å²) in [7, 11) is -0.616. The quantitative estimate of drug-likeness (QED) is 0.475. The maximum atomic E-state index is 13.6. The van der Waals surface area contributed by atoms with E-state index in [1.807, 2.05) is 67.6 Å². The van der Waals surface area contributed by atoms with Crippen LogP contribution in [-0.4, -0.2) is 44.2 Å². The number of aryl methyl sites for hydroxylation is 2. The molecule has 0 fully saturated rings. The van der Waals surface area contributed by atoms with E-state index in [0.29, 0.717) is 12.1 Å². The van der Waals surface area contributed by atoms with Gasteiger partial charge in [-0.1, -0.05) is 54.6 Å². The lowest BCUT2D eigenvalue weighted by Crippen LogP contribution is -2.41. The largest absolute Gasteiger partial charge is 0.497 e. The Morgan fingerprint density at radius 1 is 0.879 bits per heavy atom. The summed E-state index contributed by atoms with van der Waals surface area (Å²) in [6.45, 7) is 3.85. The first-order chi connectivity index (χ1) is 15.7. The van der Waals surface area contributed by atoms with Gasteiger partial charge in [0, 0.05) is 20.1 Å². The second-order valence-electron chi connectivity index (χ2n) is 8.13. The van der Waals surface area contributed by atoms with Crippen LogP contribution in [0.3, 0.4) is 0 Å². The topological polar surface area (TPSA) is 66.9 Å². The van der Waals surface area contributed by atoms with Crippen molar-refractivity contribution in [2.75, 3.05) is 20.7 Å². The fourth-order valence-corrected chi connectivity index (χ4v) is 5.19. The molecule has 33 heavy (non-hydrogen) atoms. The number of carbonyl (C=O) groups excluding carboxylic acids is 1. The predicted octanol–water partition coefficient (Wildman–Crippen LogP) is 4.16. The van der Waals surface area contributed by atoms with E-state index in [2.05, 4.69) is 0 Å². The molecule has 0 bridgehead atoms. The molecule has 3 aromatic carbocycles. The summed E-state index contributed by atoms with van der Waals surface area (Å²) >= 11 is 0. The van der Waals surface area contributed by atoms with Gasteiger partial charge >= 0.3 is 0 Å². The minimum absolute atomic E-state index is 0.110. The third-order valence-electron chi connectivity index (χ3n) is 5.48. The fraction of sp³-hybridized carbons (Fsp3) is 0.269. The highest BCUT2D eigenvalue weighted by atomic mass is 32.2. The van der Waals surface area contributed by atoms with Crippen LogP contribution in [0.1, 0.15) is 22.3 Å². The van der Waals surface area contributed by atoms with E-state index in [0.717, 1.165) is 22.4 Å². The van der Waals surface area contributed by atoms with Crippen molar-refractivity contribution in [2.24, 2.45) is 0 Å². The van der Waals surface area contributed by atoms with Gasteiger partial charge in [-0.05, 0) is 54.3 Å².